The van der Waals surface area contributed by atoms with Crippen LogP contribution in [0.3, 0.4) is 0 Å². The predicted molar refractivity (Wildman–Crippen MR) is 110 cm³/mol. The summed E-state index contributed by atoms with van der Waals surface area (Å²) in [6, 6.07) is 11.8. The highest BCUT2D eigenvalue weighted by atomic mass is 16.5. The third-order valence-corrected chi connectivity index (χ3v) is 5.97. The Bertz CT molecular complexity index is 867. The van der Waals surface area contributed by atoms with E-state index in [0.29, 0.717) is 24.6 Å². The molecule has 0 saturated carbocycles. The van der Waals surface area contributed by atoms with E-state index in [1.807, 2.05) is 29.2 Å². The standard InChI is InChI=1S/C23H28N2O4/c1-28-20-11-16(12-21(29-2)22(20)26)14-25-15-18-8-4-3-7-17(18)13-19(25)23(27)24-9-5-6-10-24/h3-4,7-8,11-12,19,26H,5-6,9-10,13-15H2,1-2H3. The molecule has 2 aromatic rings. The number of aromatic hydroxyl groups is 1. The number of benzene rings is 2. The zero-order valence-electron chi connectivity index (χ0n) is 17.1. The molecule has 2 aliphatic heterocycles. The Labute approximate surface area is 171 Å². The maximum atomic E-state index is 13.3. The smallest absolute Gasteiger partial charge is 0.240 e. The third kappa shape index (κ3) is 3.90. The molecule has 6 nitrogen and oxygen atoms in total. The first-order valence-electron chi connectivity index (χ1n) is 10.1. The van der Waals surface area contributed by atoms with Crippen molar-refractivity contribution in [1.29, 1.82) is 0 Å². The number of amides is 1. The number of phenolic OH excluding ortho intramolecular Hbond substituents is 1. The predicted octanol–water partition coefficient (Wildman–Crippen LogP) is 2.96. The van der Waals surface area contributed by atoms with Gasteiger partial charge in [-0.05, 0) is 48.1 Å². The minimum absolute atomic E-state index is 0.00701. The van der Waals surface area contributed by atoms with Gasteiger partial charge in [0, 0.05) is 26.2 Å². The lowest BCUT2D eigenvalue weighted by Gasteiger charge is -2.38. The van der Waals surface area contributed by atoms with Gasteiger partial charge in [-0.25, -0.2) is 0 Å². The second-order valence-corrected chi connectivity index (χ2v) is 7.77. The molecule has 2 aromatic carbocycles. The van der Waals surface area contributed by atoms with Crippen molar-refractivity contribution in [2.24, 2.45) is 0 Å². The zero-order chi connectivity index (χ0) is 20.4. The first kappa shape index (κ1) is 19.6. The van der Waals surface area contributed by atoms with Crippen molar-refractivity contribution in [3.63, 3.8) is 0 Å². The number of nitrogens with zero attached hydrogens (tertiary/aromatic N) is 2. The van der Waals surface area contributed by atoms with Gasteiger partial charge in [0.15, 0.2) is 11.5 Å². The Morgan fingerprint density at radius 3 is 2.31 bits per heavy atom. The van der Waals surface area contributed by atoms with Crippen LogP contribution in [0, 0.1) is 0 Å². The maximum absolute atomic E-state index is 13.3. The molecule has 2 aliphatic rings. The number of rotatable bonds is 5. The van der Waals surface area contributed by atoms with Crippen LogP contribution < -0.4 is 9.47 Å². The normalized spacial score (nSPS) is 19.1. The van der Waals surface area contributed by atoms with Crippen LogP contribution in [-0.4, -0.2) is 54.2 Å². The van der Waals surface area contributed by atoms with E-state index in [2.05, 4.69) is 17.0 Å². The molecule has 0 spiro atoms. The van der Waals surface area contributed by atoms with Crippen molar-refractivity contribution in [1.82, 2.24) is 9.80 Å². The van der Waals surface area contributed by atoms with Crippen LogP contribution in [0.15, 0.2) is 36.4 Å². The van der Waals surface area contributed by atoms with E-state index in [9.17, 15) is 9.90 Å². The quantitative estimate of drug-likeness (QED) is 0.842. The summed E-state index contributed by atoms with van der Waals surface area (Å²) in [6.07, 6.45) is 2.89. The van der Waals surface area contributed by atoms with Crippen molar-refractivity contribution in [3.8, 4) is 17.2 Å². The Kier molecular flexibility index (Phi) is 5.62. The van der Waals surface area contributed by atoms with Crippen LogP contribution in [0.25, 0.3) is 0 Å². The summed E-state index contributed by atoms with van der Waals surface area (Å²) in [5, 5.41) is 10.2. The summed E-state index contributed by atoms with van der Waals surface area (Å²) < 4.78 is 10.6. The Balaban J connectivity index is 1.65. The van der Waals surface area contributed by atoms with Gasteiger partial charge in [-0.3, -0.25) is 9.69 Å². The third-order valence-electron chi connectivity index (χ3n) is 5.97. The molecule has 1 atom stereocenters. The number of hydrogen-bond donors (Lipinski definition) is 1. The lowest BCUT2D eigenvalue weighted by atomic mass is 9.92. The minimum Gasteiger partial charge on any atom is -0.502 e. The summed E-state index contributed by atoms with van der Waals surface area (Å²) in [5.74, 6) is 0.959. The largest absolute Gasteiger partial charge is 0.502 e. The fourth-order valence-electron chi connectivity index (χ4n) is 4.41. The molecule has 1 fully saturated rings. The van der Waals surface area contributed by atoms with Crippen LogP contribution in [-0.2, 0) is 24.3 Å². The van der Waals surface area contributed by atoms with Gasteiger partial charge in [-0.1, -0.05) is 24.3 Å². The second-order valence-electron chi connectivity index (χ2n) is 7.77. The van der Waals surface area contributed by atoms with E-state index in [1.54, 1.807) is 0 Å². The summed E-state index contributed by atoms with van der Waals surface area (Å²) in [7, 11) is 3.05. The van der Waals surface area contributed by atoms with Crippen molar-refractivity contribution in [3.05, 3.63) is 53.1 Å². The number of carbonyl (C=O) groups excluding carboxylic acids is 1. The number of ether oxygens (including phenoxy) is 2. The van der Waals surface area contributed by atoms with Gasteiger partial charge in [0.05, 0.1) is 20.3 Å². The molecule has 1 saturated heterocycles. The van der Waals surface area contributed by atoms with E-state index >= 15 is 0 Å². The number of methoxy groups -OCH3 is 2. The molecule has 0 bridgehead atoms. The molecule has 1 N–H and O–H groups in total. The molecule has 2 heterocycles. The summed E-state index contributed by atoms with van der Waals surface area (Å²) in [4.78, 5) is 17.5. The molecule has 0 aliphatic carbocycles. The highest BCUT2D eigenvalue weighted by Gasteiger charge is 2.35. The van der Waals surface area contributed by atoms with Crippen LogP contribution >= 0.6 is 0 Å². The van der Waals surface area contributed by atoms with Crippen LogP contribution in [0.5, 0.6) is 17.2 Å². The number of hydrogen-bond acceptors (Lipinski definition) is 5. The fourth-order valence-corrected chi connectivity index (χ4v) is 4.41. The first-order chi connectivity index (χ1) is 14.1. The average molecular weight is 396 g/mol. The topological polar surface area (TPSA) is 62.2 Å². The van der Waals surface area contributed by atoms with Gasteiger partial charge in [-0.2, -0.15) is 0 Å². The van der Waals surface area contributed by atoms with Crippen LogP contribution in [0.2, 0.25) is 0 Å². The van der Waals surface area contributed by atoms with E-state index < -0.39 is 0 Å². The number of fused-ring (bicyclic) bond motifs is 1. The van der Waals surface area contributed by atoms with Gasteiger partial charge in [0.1, 0.15) is 0 Å². The molecular weight excluding hydrogens is 368 g/mol. The van der Waals surface area contributed by atoms with Crippen LogP contribution in [0.4, 0.5) is 0 Å². The van der Waals surface area contributed by atoms with Gasteiger partial charge in [-0.15, -0.1) is 0 Å². The molecule has 154 valence electrons. The average Bonchev–Trinajstić information content (AvgIpc) is 3.28. The number of phenols is 1. The van der Waals surface area contributed by atoms with Gasteiger partial charge in [0.25, 0.3) is 0 Å². The molecule has 1 amide bonds. The molecule has 29 heavy (non-hydrogen) atoms. The Morgan fingerprint density at radius 2 is 1.69 bits per heavy atom. The van der Waals surface area contributed by atoms with Gasteiger partial charge >= 0.3 is 0 Å². The van der Waals surface area contributed by atoms with Crippen molar-refractivity contribution < 1.29 is 19.4 Å². The monoisotopic (exact) mass is 396 g/mol. The molecule has 1 unspecified atom stereocenters. The van der Waals surface area contributed by atoms with E-state index in [-0.39, 0.29) is 17.7 Å². The fraction of sp³-hybridized carbons (Fsp3) is 0.435. The van der Waals surface area contributed by atoms with Crippen molar-refractivity contribution >= 4 is 5.91 Å². The molecule has 0 aromatic heterocycles. The number of carbonyl (C=O) groups is 1. The molecule has 6 heteroatoms. The highest BCUT2D eigenvalue weighted by Crippen LogP contribution is 2.38. The summed E-state index contributed by atoms with van der Waals surface area (Å²) in [5.41, 5.74) is 3.45. The molecular formula is C23H28N2O4. The minimum atomic E-state index is -0.186. The maximum Gasteiger partial charge on any atom is 0.240 e. The molecule has 4 rings (SSSR count). The SMILES string of the molecule is COc1cc(CN2Cc3ccccc3CC2C(=O)N2CCCC2)cc(OC)c1O. The van der Waals surface area contributed by atoms with E-state index in [0.717, 1.165) is 37.9 Å². The molecule has 0 radical (unpaired) electrons. The van der Waals surface area contributed by atoms with Crippen LogP contribution in [0.1, 0.15) is 29.5 Å². The summed E-state index contributed by atoms with van der Waals surface area (Å²) >= 11 is 0. The van der Waals surface area contributed by atoms with Crippen molar-refractivity contribution in [2.45, 2.75) is 38.4 Å². The highest BCUT2D eigenvalue weighted by molar-refractivity contribution is 5.83. The Morgan fingerprint density at radius 1 is 1.07 bits per heavy atom. The second kappa shape index (κ2) is 8.33. The lowest BCUT2D eigenvalue weighted by molar-refractivity contribution is -0.136. The first-order valence-corrected chi connectivity index (χ1v) is 10.1. The van der Waals surface area contributed by atoms with Gasteiger partial charge in [0.2, 0.25) is 11.7 Å². The Hall–Kier alpha value is -2.73. The van der Waals surface area contributed by atoms with Gasteiger partial charge < -0.3 is 19.5 Å². The van der Waals surface area contributed by atoms with E-state index in [4.69, 9.17) is 9.47 Å². The lowest BCUT2D eigenvalue weighted by Crippen LogP contribution is -2.50. The van der Waals surface area contributed by atoms with Crippen molar-refractivity contribution in [2.75, 3.05) is 27.3 Å². The zero-order valence-corrected chi connectivity index (χ0v) is 17.1. The van der Waals surface area contributed by atoms with E-state index in [1.165, 1.54) is 25.3 Å². The number of likely N-dealkylation sites (tertiary alicyclic amines) is 1. The summed E-state index contributed by atoms with van der Waals surface area (Å²) in [6.45, 7) is 2.99.